The number of rotatable bonds is 4. The van der Waals surface area contributed by atoms with Crippen LogP contribution in [0.4, 0.5) is 5.82 Å². The highest BCUT2D eigenvalue weighted by atomic mass is 15.1. The molecule has 2 aromatic rings. The second-order valence-electron chi connectivity index (χ2n) is 6.56. The van der Waals surface area contributed by atoms with Crippen LogP contribution in [0.5, 0.6) is 0 Å². The molecule has 1 atom stereocenters. The number of fused-ring (bicyclic) bond motifs is 1. The summed E-state index contributed by atoms with van der Waals surface area (Å²) < 4.78 is 2.08. The summed E-state index contributed by atoms with van der Waals surface area (Å²) in [5.74, 6) is 3.25. The first-order valence-electron chi connectivity index (χ1n) is 8.37. The summed E-state index contributed by atoms with van der Waals surface area (Å²) in [6.45, 7) is 8.34. The van der Waals surface area contributed by atoms with E-state index >= 15 is 0 Å². The molecule has 0 amide bonds. The molecule has 0 fully saturated rings. The summed E-state index contributed by atoms with van der Waals surface area (Å²) in [6.07, 6.45) is 5.76. The second kappa shape index (κ2) is 6.66. The van der Waals surface area contributed by atoms with E-state index < -0.39 is 0 Å². The highest BCUT2D eigenvalue weighted by molar-refractivity contribution is 5.49. The Morgan fingerprint density at radius 3 is 2.70 bits per heavy atom. The Hall–Kier alpha value is -1.95. The normalized spacial score (nSPS) is 16.0. The van der Waals surface area contributed by atoms with Crippen molar-refractivity contribution in [3.63, 3.8) is 0 Å². The Kier molecular flexibility index (Phi) is 4.61. The number of hydrogen-bond acceptors (Lipinski definition) is 5. The van der Waals surface area contributed by atoms with E-state index in [1.807, 2.05) is 26.4 Å². The molecule has 0 spiro atoms. The van der Waals surface area contributed by atoms with Gasteiger partial charge in [0.15, 0.2) is 0 Å². The molecule has 2 N–H and O–H groups in total. The number of nitrogens with zero attached hydrogens (tertiary/aromatic N) is 4. The number of aromatic nitrogens is 4. The predicted octanol–water partition coefficient (Wildman–Crippen LogP) is 2.02. The SMILES string of the molecule is Cc1nc2c(c(NC(c3nccn3C)C(C)C)n1)CCNCC2. The molecule has 0 aromatic carbocycles. The number of hydrogen-bond donors (Lipinski definition) is 2. The van der Waals surface area contributed by atoms with Crippen molar-refractivity contribution in [1.82, 2.24) is 24.8 Å². The first kappa shape index (κ1) is 15.9. The molecule has 1 aliphatic heterocycles. The Bertz CT molecular complexity index is 676. The molecule has 2 aromatic heterocycles. The lowest BCUT2D eigenvalue weighted by Gasteiger charge is -2.24. The Morgan fingerprint density at radius 2 is 2.00 bits per heavy atom. The summed E-state index contributed by atoms with van der Waals surface area (Å²) >= 11 is 0. The maximum Gasteiger partial charge on any atom is 0.133 e. The fourth-order valence-electron chi connectivity index (χ4n) is 3.14. The van der Waals surface area contributed by atoms with Crippen LogP contribution in [0.3, 0.4) is 0 Å². The zero-order valence-corrected chi connectivity index (χ0v) is 14.4. The third-order valence-electron chi connectivity index (χ3n) is 4.39. The van der Waals surface area contributed by atoms with Crippen LogP contribution in [0.25, 0.3) is 0 Å². The van der Waals surface area contributed by atoms with E-state index in [1.54, 1.807) is 0 Å². The zero-order valence-electron chi connectivity index (χ0n) is 14.4. The standard InChI is InChI=1S/C17H26N6/c1-11(2)15(17-19-9-10-23(17)4)22-16-13-5-7-18-8-6-14(13)20-12(3)21-16/h9-11,15,18H,5-8H2,1-4H3,(H,20,21,22). The van der Waals surface area contributed by atoms with Crippen LogP contribution in [0, 0.1) is 12.8 Å². The summed E-state index contributed by atoms with van der Waals surface area (Å²) in [7, 11) is 2.04. The molecule has 0 saturated carbocycles. The van der Waals surface area contributed by atoms with Crippen molar-refractivity contribution < 1.29 is 0 Å². The highest BCUT2D eigenvalue weighted by Crippen LogP contribution is 2.28. The van der Waals surface area contributed by atoms with Crippen LogP contribution in [-0.4, -0.2) is 32.6 Å². The van der Waals surface area contributed by atoms with E-state index in [4.69, 9.17) is 4.98 Å². The van der Waals surface area contributed by atoms with Crippen molar-refractivity contribution in [2.45, 2.75) is 39.7 Å². The lowest BCUT2D eigenvalue weighted by Crippen LogP contribution is -2.23. The fourth-order valence-corrected chi connectivity index (χ4v) is 3.14. The van der Waals surface area contributed by atoms with E-state index in [1.165, 1.54) is 11.3 Å². The van der Waals surface area contributed by atoms with Gasteiger partial charge in [-0.3, -0.25) is 0 Å². The molecule has 23 heavy (non-hydrogen) atoms. The molecule has 0 radical (unpaired) electrons. The van der Waals surface area contributed by atoms with Crippen molar-refractivity contribution >= 4 is 5.82 Å². The maximum atomic E-state index is 4.70. The van der Waals surface area contributed by atoms with Gasteiger partial charge in [0.1, 0.15) is 17.5 Å². The molecule has 6 heteroatoms. The van der Waals surface area contributed by atoms with Crippen LogP contribution >= 0.6 is 0 Å². The topological polar surface area (TPSA) is 67.7 Å². The smallest absolute Gasteiger partial charge is 0.133 e. The van der Waals surface area contributed by atoms with Crippen LogP contribution in [0.2, 0.25) is 0 Å². The third kappa shape index (κ3) is 3.37. The van der Waals surface area contributed by atoms with Crippen molar-refractivity contribution in [2.75, 3.05) is 18.4 Å². The van der Waals surface area contributed by atoms with E-state index in [-0.39, 0.29) is 6.04 Å². The average molecular weight is 314 g/mol. The van der Waals surface area contributed by atoms with Crippen molar-refractivity contribution in [2.24, 2.45) is 13.0 Å². The zero-order chi connectivity index (χ0) is 16.4. The fraction of sp³-hybridized carbons (Fsp3) is 0.588. The lowest BCUT2D eigenvalue weighted by atomic mass is 10.0. The highest BCUT2D eigenvalue weighted by Gasteiger charge is 2.23. The molecule has 3 heterocycles. The van der Waals surface area contributed by atoms with Crippen LogP contribution in [-0.2, 0) is 19.9 Å². The summed E-state index contributed by atoms with van der Waals surface area (Å²) in [5, 5.41) is 7.10. The molecule has 0 saturated heterocycles. The summed E-state index contributed by atoms with van der Waals surface area (Å²) in [6, 6.07) is 0.129. The van der Waals surface area contributed by atoms with Crippen LogP contribution < -0.4 is 10.6 Å². The van der Waals surface area contributed by atoms with Gasteiger partial charge < -0.3 is 15.2 Å². The minimum absolute atomic E-state index is 0.129. The molecular weight excluding hydrogens is 288 g/mol. The lowest BCUT2D eigenvalue weighted by molar-refractivity contribution is 0.505. The van der Waals surface area contributed by atoms with E-state index in [2.05, 4.69) is 39.0 Å². The Balaban J connectivity index is 1.97. The molecular formula is C17H26N6. The molecule has 1 aliphatic rings. The number of nitrogens with one attached hydrogen (secondary N) is 2. The van der Waals surface area contributed by atoms with Gasteiger partial charge in [0.2, 0.25) is 0 Å². The molecule has 124 valence electrons. The average Bonchev–Trinajstić information content (AvgIpc) is 2.77. The maximum absolute atomic E-state index is 4.70. The van der Waals surface area contributed by atoms with Crippen molar-refractivity contribution in [1.29, 1.82) is 0 Å². The quantitative estimate of drug-likeness (QED) is 0.903. The van der Waals surface area contributed by atoms with Gasteiger partial charge in [0.25, 0.3) is 0 Å². The molecule has 0 aliphatic carbocycles. The minimum Gasteiger partial charge on any atom is -0.360 e. The van der Waals surface area contributed by atoms with Gasteiger partial charge >= 0.3 is 0 Å². The predicted molar refractivity (Wildman–Crippen MR) is 91.5 cm³/mol. The van der Waals surface area contributed by atoms with Crippen LogP contribution in [0.1, 0.15) is 42.8 Å². The Labute approximate surface area is 137 Å². The molecule has 1 unspecified atom stereocenters. The van der Waals surface area contributed by atoms with Gasteiger partial charge in [0, 0.05) is 38.0 Å². The van der Waals surface area contributed by atoms with E-state index in [9.17, 15) is 0 Å². The first-order chi connectivity index (χ1) is 11.1. The van der Waals surface area contributed by atoms with Gasteiger partial charge in [-0.15, -0.1) is 0 Å². The molecule has 0 bridgehead atoms. The first-order valence-corrected chi connectivity index (χ1v) is 8.37. The Morgan fingerprint density at radius 1 is 1.22 bits per heavy atom. The van der Waals surface area contributed by atoms with Gasteiger partial charge in [0.05, 0.1) is 11.7 Å². The number of anilines is 1. The van der Waals surface area contributed by atoms with Crippen molar-refractivity contribution in [3.05, 3.63) is 35.3 Å². The van der Waals surface area contributed by atoms with Gasteiger partial charge in [-0.05, 0) is 25.8 Å². The van der Waals surface area contributed by atoms with Gasteiger partial charge in [-0.2, -0.15) is 0 Å². The number of aryl methyl sites for hydroxylation is 2. The van der Waals surface area contributed by atoms with E-state index in [0.29, 0.717) is 5.92 Å². The second-order valence-corrected chi connectivity index (χ2v) is 6.56. The number of imidazole rings is 1. The summed E-state index contributed by atoms with van der Waals surface area (Å²) in [4.78, 5) is 13.9. The van der Waals surface area contributed by atoms with Crippen LogP contribution in [0.15, 0.2) is 12.4 Å². The summed E-state index contributed by atoms with van der Waals surface area (Å²) in [5.41, 5.74) is 2.42. The van der Waals surface area contributed by atoms with Gasteiger partial charge in [-0.25, -0.2) is 15.0 Å². The minimum atomic E-state index is 0.129. The van der Waals surface area contributed by atoms with Gasteiger partial charge in [-0.1, -0.05) is 13.8 Å². The molecule has 3 rings (SSSR count). The molecule has 6 nitrogen and oxygen atoms in total. The third-order valence-corrected chi connectivity index (χ3v) is 4.39. The van der Waals surface area contributed by atoms with Crippen molar-refractivity contribution in [3.8, 4) is 0 Å². The monoisotopic (exact) mass is 314 g/mol. The largest absolute Gasteiger partial charge is 0.360 e. The van der Waals surface area contributed by atoms with E-state index in [0.717, 1.165) is 43.4 Å².